The summed E-state index contributed by atoms with van der Waals surface area (Å²) in [4.78, 5) is 20.2. The van der Waals surface area contributed by atoms with Crippen molar-refractivity contribution in [2.24, 2.45) is 0 Å². The molecule has 1 fully saturated rings. The van der Waals surface area contributed by atoms with Crippen molar-refractivity contribution < 1.29 is 4.79 Å². The number of nitrogens with one attached hydrogen (secondary N) is 1. The van der Waals surface area contributed by atoms with Crippen molar-refractivity contribution in [3.05, 3.63) is 53.3 Å². The van der Waals surface area contributed by atoms with E-state index in [1.165, 1.54) is 12.0 Å². The topological polar surface area (TPSA) is 65.1 Å². The number of nitrogens with zero attached hydrogens (tertiary/aromatic N) is 4. The molecule has 2 aliphatic rings. The Balaban J connectivity index is 1.30. The van der Waals surface area contributed by atoms with Crippen molar-refractivity contribution in [2.45, 2.75) is 25.3 Å². The zero-order chi connectivity index (χ0) is 17.7. The van der Waals surface area contributed by atoms with Gasteiger partial charge < -0.3 is 14.8 Å². The Kier molecular flexibility index (Phi) is 3.45. The standard InChI is InChI=1S/C20H21N5O/c1-24(20(26)16-5-3-7-18-15(16)8-9-21-18)14-11-25(12-14)19-10-13-4-2-6-17(13)22-23-19/h3,5,7-10,14,21H,2,4,6,11-12H2,1H3. The van der Waals surface area contributed by atoms with Crippen molar-refractivity contribution in [1.29, 1.82) is 0 Å². The highest BCUT2D eigenvalue weighted by Crippen LogP contribution is 2.27. The Labute approximate surface area is 151 Å². The molecular weight excluding hydrogens is 326 g/mol. The predicted octanol–water partition coefficient (Wildman–Crippen LogP) is 2.41. The van der Waals surface area contributed by atoms with Gasteiger partial charge in [0, 0.05) is 42.8 Å². The number of aromatic nitrogens is 3. The number of rotatable bonds is 3. The van der Waals surface area contributed by atoms with Gasteiger partial charge in [-0.1, -0.05) is 6.07 Å². The second kappa shape index (κ2) is 5.83. The molecule has 6 nitrogen and oxygen atoms in total. The van der Waals surface area contributed by atoms with E-state index in [-0.39, 0.29) is 11.9 Å². The molecule has 2 aromatic heterocycles. The summed E-state index contributed by atoms with van der Waals surface area (Å²) in [5, 5.41) is 9.72. The molecule has 1 aliphatic carbocycles. The molecule has 0 unspecified atom stereocenters. The number of aryl methyl sites for hydroxylation is 2. The highest BCUT2D eigenvalue weighted by molar-refractivity contribution is 6.06. The van der Waals surface area contributed by atoms with Gasteiger partial charge >= 0.3 is 0 Å². The highest BCUT2D eigenvalue weighted by atomic mass is 16.2. The number of carbonyl (C=O) groups is 1. The molecule has 0 saturated carbocycles. The molecule has 0 radical (unpaired) electrons. The van der Waals surface area contributed by atoms with Gasteiger partial charge in [0.05, 0.1) is 11.7 Å². The van der Waals surface area contributed by atoms with Crippen molar-refractivity contribution in [3.63, 3.8) is 0 Å². The minimum absolute atomic E-state index is 0.0693. The molecule has 3 heterocycles. The lowest BCUT2D eigenvalue weighted by atomic mass is 10.0. The number of hydrogen-bond donors (Lipinski definition) is 1. The summed E-state index contributed by atoms with van der Waals surface area (Å²) < 4.78 is 0. The molecule has 26 heavy (non-hydrogen) atoms. The second-order valence-electron chi connectivity index (χ2n) is 7.25. The summed E-state index contributed by atoms with van der Waals surface area (Å²) in [7, 11) is 1.89. The highest BCUT2D eigenvalue weighted by Gasteiger charge is 2.34. The number of amides is 1. The maximum absolute atomic E-state index is 13.0. The Bertz CT molecular complexity index is 989. The number of likely N-dealkylation sites (N-methyl/N-ethyl adjacent to an activating group) is 1. The van der Waals surface area contributed by atoms with Crippen LogP contribution in [-0.4, -0.2) is 52.2 Å². The first kappa shape index (κ1) is 15.4. The van der Waals surface area contributed by atoms with Gasteiger partial charge in [-0.15, -0.1) is 5.10 Å². The quantitative estimate of drug-likeness (QED) is 0.790. The van der Waals surface area contributed by atoms with Gasteiger partial charge in [-0.3, -0.25) is 4.79 Å². The van der Waals surface area contributed by atoms with Crippen molar-refractivity contribution in [3.8, 4) is 0 Å². The molecule has 6 heteroatoms. The van der Waals surface area contributed by atoms with Gasteiger partial charge in [0.2, 0.25) is 0 Å². The molecule has 1 aromatic carbocycles. The number of aromatic amines is 1. The zero-order valence-corrected chi connectivity index (χ0v) is 14.8. The third-order valence-electron chi connectivity index (χ3n) is 5.69. The molecule has 0 atom stereocenters. The van der Waals surface area contributed by atoms with E-state index in [1.54, 1.807) is 0 Å². The zero-order valence-electron chi connectivity index (χ0n) is 14.8. The largest absolute Gasteiger partial charge is 0.361 e. The lowest BCUT2D eigenvalue weighted by Crippen LogP contribution is -2.60. The molecule has 1 aliphatic heterocycles. The lowest BCUT2D eigenvalue weighted by Gasteiger charge is -2.44. The van der Waals surface area contributed by atoms with Gasteiger partial charge in [-0.05, 0) is 49.1 Å². The fourth-order valence-corrected chi connectivity index (χ4v) is 3.99. The summed E-state index contributed by atoms with van der Waals surface area (Å²) in [6.45, 7) is 1.61. The predicted molar refractivity (Wildman–Crippen MR) is 100 cm³/mol. The van der Waals surface area contributed by atoms with Gasteiger partial charge in [0.25, 0.3) is 5.91 Å². The van der Waals surface area contributed by atoms with Crippen molar-refractivity contribution in [1.82, 2.24) is 20.1 Å². The molecule has 0 bridgehead atoms. The molecular formula is C20H21N5O. The van der Waals surface area contributed by atoms with Crippen LogP contribution in [0.2, 0.25) is 0 Å². The number of H-pyrrole nitrogens is 1. The molecule has 1 saturated heterocycles. The smallest absolute Gasteiger partial charge is 0.254 e. The molecule has 3 aromatic rings. The fraction of sp³-hybridized carbons (Fsp3) is 0.350. The Morgan fingerprint density at radius 1 is 1.23 bits per heavy atom. The van der Waals surface area contributed by atoms with Crippen LogP contribution < -0.4 is 4.90 Å². The van der Waals surface area contributed by atoms with Gasteiger partial charge in [-0.2, -0.15) is 5.10 Å². The van der Waals surface area contributed by atoms with Crippen LogP contribution in [-0.2, 0) is 12.8 Å². The first-order valence-electron chi connectivity index (χ1n) is 9.14. The van der Waals surface area contributed by atoms with E-state index >= 15 is 0 Å². The molecule has 1 N–H and O–H groups in total. The van der Waals surface area contributed by atoms with Crippen LogP contribution in [0.15, 0.2) is 36.5 Å². The average Bonchev–Trinajstić information content (AvgIpc) is 3.27. The van der Waals surface area contributed by atoms with Crippen molar-refractivity contribution in [2.75, 3.05) is 25.0 Å². The summed E-state index contributed by atoms with van der Waals surface area (Å²) in [6.07, 6.45) is 5.21. The normalized spacial score (nSPS) is 16.6. The number of carbonyl (C=O) groups excluding carboxylic acids is 1. The Morgan fingerprint density at radius 3 is 3.00 bits per heavy atom. The third kappa shape index (κ3) is 2.36. The van der Waals surface area contributed by atoms with Crippen LogP contribution >= 0.6 is 0 Å². The summed E-state index contributed by atoms with van der Waals surface area (Å²) >= 11 is 0. The van der Waals surface area contributed by atoms with Gasteiger partial charge in [0.1, 0.15) is 0 Å². The van der Waals surface area contributed by atoms with Crippen LogP contribution in [0.4, 0.5) is 5.82 Å². The van der Waals surface area contributed by atoms with E-state index < -0.39 is 0 Å². The van der Waals surface area contributed by atoms with Crippen LogP contribution in [0.1, 0.15) is 28.0 Å². The maximum atomic E-state index is 13.0. The van der Waals surface area contributed by atoms with E-state index in [9.17, 15) is 4.79 Å². The SMILES string of the molecule is CN(C(=O)c1cccc2[nH]ccc12)C1CN(c2cc3c(nn2)CCC3)C1. The monoisotopic (exact) mass is 347 g/mol. The fourth-order valence-electron chi connectivity index (χ4n) is 3.99. The van der Waals surface area contributed by atoms with E-state index in [4.69, 9.17) is 0 Å². The average molecular weight is 347 g/mol. The minimum atomic E-state index is 0.0693. The molecule has 132 valence electrons. The third-order valence-corrected chi connectivity index (χ3v) is 5.69. The van der Waals surface area contributed by atoms with Gasteiger partial charge in [0.15, 0.2) is 5.82 Å². The van der Waals surface area contributed by atoms with Crippen LogP contribution in [0, 0.1) is 0 Å². The van der Waals surface area contributed by atoms with Crippen LogP contribution in [0.5, 0.6) is 0 Å². The maximum Gasteiger partial charge on any atom is 0.254 e. The molecule has 0 spiro atoms. The van der Waals surface area contributed by atoms with Crippen LogP contribution in [0.25, 0.3) is 10.9 Å². The van der Waals surface area contributed by atoms with Crippen LogP contribution in [0.3, 0.4) is 0 Å². The molecule has 1 amide bonds. The first-order valence-corrected chi connectivity index (χ1v) is 9.14. The Hall–Kier alpha value is -2.89. The van der Waals surface area contributed by atoms with Crippen molar-refractivity contribution >= 4 is 22.6 Å². The number of benzene rings is 1. The summed E-state index contributed by atoms with van der Waals surface area (Å²) in [5.74, 6) is 1.01. The lowest BCUT2D eigenvalue weighted by molar-refractivity contribution is 0.0707. The minimum Gasteiger partial charge on any atom is -0.361 e. The van der Waals surface area contributed by atoms with Gasteiger partial charge in [-0.25, -0.2) is 0 Å². The first-order chi connectivity index (χ1) is 12.7. The van der Waals surface area contributed by atoms with E-state index in [0.717, 1.165) is 53.9 Å². The number of hydrogen-bond acceptors (Lipinski definition) is 4. The number of fused-ring (bicyclic) bond motifs is 2. The number of anilines is 1. The summed E-state index contributed by atoms with van der Waals surface area (Å²) in [6, 6.07) is 10.2. The summed E-state index contributed by atoms with van der Waals surface area (Å²) in [5.41, 5.74) is 4.23. The second-order valence-corrected chi connectivity index (χ2v) is 7.25. The molecule has 5 rings (SSSR count). The van der Waals surface area contributed by atoms with E-state index in [0.29, 0.717) is 0 Å². The van der Waals surface area contributed by atoms with E-state index in [2.05, 4.69) is 26.1 Å². The Morgan fingerprint density at radius 2 is 2.12 bits per heavy atom. The van der Waals surface area contributed by atoms with E-state index in [1.807, 2.05) is 42.4 Å².